The van der Waals surface area contributed by atoms with E-state index < -0.39 is 0 Å². The number of nitrogens with one attached hydrogen (secondary N) is 2. The largest absolute Gasteiger partial charge is 1.00 e. The first-order chi connectivity index (χ1) is 8.90. The van der Waals surface area contributed by atoms with Crippen molar-refractivity contribution in [3.8, 4) is 5.75 Å². The maximum absolute atomic E-state index is 11.6. The summed E-state index contributed by atoms with van der Waals surface area (Å²) in [4.78, 5) is 11.6. The van der Waals surface area contributed by atoms with Crippen molar-refractivity contribution in [2.45, 2.75) is 39.8 Å². The Hall–Kier alpha value is -1.26. The molecule has 0 fully saturated rings. The molecule has 20 heavy (non-hydrogen) atoms. The van der Waals surface area contributed by atoms with Crippen LogP contribution >= 0.6 is 0 Å². The van der Waals surface area contributed by atoms with Gasteiger partial charge in [-0.1, -0.05) is 19.1 Å². The summed E-state index contributed by atoms with van der Waals surface area (Å²) >= 11 is 0. The second-order valence-corrected chi connectivity index (χ2v) is 5.51. The van der Waals surface area contributed by atoms with Gasteiger partial charge in [-0.15, -0.1) is 0 Å². The Morgan fingerprint density at radius 2 is 1.80 bits per heavy atom. The molecule has 1 aromatic carbocycles. The van der Waals surface area contributed by atoms with Gasteiger partial charge in [-0.05, 0) is 45.0 Å². The van der Waals surface area contributed by atoms with Crippen LogP contribution in [0.3, 0.4) is 0 Å². The van der Waals surface area contributed by atoms with E-state index in [0.29, 0.717) is 5.75 Å². The molecule has 0 heterocycles. The van der Waals surface area contributed by atoms with Crippen LogP contribution in [0.2, 0.25) is 0 Å². The number of amides is 1. The molecule has 2 N–H and O–H groups in total. The molecule has 0 unspecified atom stereocenters. The van der Waals surface area contributed by atoms with Gasteiger partial charge in [0.25, 0.3) is 5.91 Å². The van der Waals surface area contributed by atoms with Gasteiger partial charge < -0.3 is 27.8 Å². The first-order valence-corrected chi connectivity index (χ1v) is 6.64. The highest BCUT2D eigenvalue weighted by atomic mass is 35.5. The van der Waals surface area contributed by atoms with E-state index in [4.69, 9.17) is 4.74 Å². The smallest absolute Gasteiger partial charge is 0.258 e. The summed E-state index contributed by atoms with van der Waals surface area (Å²) in [5.74, 6) is 0.605. The third-order valence-electron chi connectivity index (χ3n) is 2.39. The molecular weight excluding hydrogens is 276 g/mol. The third kappa shape index (κ3) is 8.02. The lowest BCUT2D eigenvalue weighted by Gasteiger charge is -2.20. The minimum absolute atomic E-state index is 0. The van der Waals surface area contributed by atoms with E-state index in [9.17, 15) is 4.79 Å². The van der Waals surface area contributed by atoms with E-state index in [2.05, 4.69) is 17.6 Å². The molecule has 0 aliphatic heterocycles. The summed E-state index contributed by atoms with van der Waals surface area (Å²) in [5, 5.41) is 6.11. The van der Waals surface area contributed by atoms with Crippen molar-refractivity contribution >= 4 is 5.91 Å². The third-order valence-corrected chi connectivity index (χ3v) is 2.39. The highest BCUT2D eigenvalue weighted by Crippen LogP contribution is 2.12. The topological polar surface area (TPSA) is 50.4 Å². The molecule has 0 bridgehead atoms. The number of hydrogen-bond donors (Lipinski definition) is 2. The van der Waals surface area contributed by atoms with Crippen molar-refractivity contribution in [1.29, 1.82) is 0 Å². The van der Waals surface area contributed by atoms with Crippen molar-refractivity contribution in [3.63, 3.8) is 0 Å². The molecule has 114 valence electrons. The van der Waals surface area contributed by atoms with Crippen molar-refractivity contribution in [1.82, 2.24) is 10.6 Å². The first-order valence-electron chi connectivity index (χ1n) is 6.64. The molecule has 0 saturated heterocycles. The van der Waals surface area contributed by atoms with Crippen LogP contribution in [0, 0.1) is 0 Å². The summed E-state index contributed by atoms with van der Waals surface area (Å²) < 4.78 is 5.44. The van der Waals surface area contributed by atoms with Crippen LogP contribution < -0.4 is 27.8 Å². The monoisotopic (exact) mass is 299 g/mol. The van der Waals surface area contributed by atoms with Gasteiger partial charge in [0.05, 0.1) is 0 Å². The van der Waals surface area contributed by atoms with E-state index in [1.807, 2.05) is 45.0 Å². The van der Waals surface area contributed by atoms with Crippen LogP contribution in [0.15, 0.2) is 24.3 Å². The van der Waals surface area contributed by atoms with Gasteiger partial charge in [-0.25, -0.2) is 0 Å². The maximum Gasteiger partial charge on any atom is 0.258 e. The van der Waals surface area contributed by atoms with Gasteiger partial charge in [0.2, 0.25) is 0 Å². The molecular formula is C15H24ClN2O2-. The van der Waals surface area contributed by atoms with Gasteiger partial charge in [-0.2, -0.15) is 0 Å². The van der Waals surface area contributed by atoms with E-state index >= 15 is 0 Å². The van der Waals surface area contributed by atoms with Crippen LogP contribution in [-0.4, -0.2) is 24.6 Å². The van der Waals surface area contributed by atoms with Crippen LogP contribution in [0.1, 0.15) is 33.3 Å². The van der Waals surface area contributed by atoms with Crippen LogP contribution in [0.5, 0.6) is 5.75 Å². The van der Waals surface area contributed by atoms with Crippen molar-refractivity contribution in [2.24, 2.45) is 0 Å². The van der Waals surface area contributed by atoms with E-state index in [0.717, 1.165) is 13.1 Å². The quantitative estimate of drug-likeness (QED) is 0.715. The van der Waals surface area contributed by atoms with Gasteiger partial charge in [0.1, 0.15) is 5.75 Å². The molecule has 1 rings (SSSR count). The first kappa shape index (κ1) is 18.7. The van der Waals surface area contributed by atoms with Gasteiger partial charge >= 0.3 is 0 Å². The Kier molecular flexibility index (Phi) is 8.26. The Morgan fingerprint density at radius 3 is 2.30 bits per heavy atom. The van der Waals surface area contributed by atoms with Crippen molar-refractivity contribution < 1.29 is 21.9 Å². The predicted molar refractivity (Wildman–Crippen MR) is 77.2 cm³/mol. The van der Waals surface area contributed by atoms with E-state index in [-0.39, 0.29) is 30.5 Å². The molecule has 0 atom stereocenters. The zero-order valence-electron chi connectivity index (χ0n) is 12.6. The van der Waals surface area contributed by atoms with Crippen LogP contribution in [0.4, 0.5) is 0 Å². The fraction of sp³-hybridized carbons (Fsp3) is 0.533. The number of ether oxygens (including phenoxy) is 1. The lowest BCUT2D eigenvalue weighted by atomic mass is 10.1. The molecule has 5 heteroatoms. The Bertz CT molecular complexity index is 399. The Balaban J connectivity index is 0.00000361. The molecule has 0 aliphatic rings. The van der Waals surface area contributed by atoms with Gasteiger partial charge in [-0.3, -0.25) is 4.79 Å². The summed E-state index contributed by atoms with van der Waals surface area (Å²) in [6.07, 6.45) is 0. The highest BCUT2D eigenvalue weighted by Gasteiger charge is 2.13. The maximum atomic E-state index is 11.6. The minimum Gasteiger partial charge on any atom is -1.00 e. The number of benzene rings is 1. The molecule has 1 aromatic rings. The molecule has 0 saturated carbocycles. The molecule has 4 nitrogen and oxygen atoms in total. The van der Waals surface area contributed by atoms with E-state index in [1.54, 1.807) is 0 Å². The number of rotatable bonds is 6. The number of carbonyl (C=O) groups is 1. The standard InChI is InChI=1S/C15H24N2O2.ClH/c1-5-16-10-12-6-8-13(9-7-12)19-11-14(18)17-15(2,3)4;/h6-9,16H,5,10-11H2,1-4H3,(H,17,18);1H/p-1. The normalized spacial score (nSPS) is 10.6. The predicted octanol–water partition coefficient (Wildman–Crippen LogP) is -0.906. The summed E-state index contributed by atoms with van der Waals surface area (Å²) in [7, 11) is 0. The van der Waals surface area contributed by atoms with Gasteiger partial charge in [0.15, 0.2) is 6.61 Å². The summed E-state index contributed by atoms with van der Waals surface area (Å²) in [6, 6.07) is 7.77. The summed E-state index contributed by atoms with van der Waals surface area (Å²) in [5.41, 5.74) is 0.976. The minimum atomic E-state index is -0.226. The molecule has 0 radical (unpaired) electrons. The molecule has 0 aliphatic carbocycles. The average Bonchev–Trinajstić information content (AvgIpc) is 2.33. The van der Waals surface area contributed by atoms with Crippen molar-refractivity contribution in [3.05, 3.63) is 29.8 Å². The average molecular weight is 300 g/mol. The lowest BCUT2D eigenvalue weighted by molar-refractivity contribution is -0.124. The number of carbonyl (C=O) groups excluding carboxylic acids is 1. The zero-order valence-corrected chi connectivity index (χ0v) is 13.4. The molecule has 0 spiro atoms. The zero-order chi connectivity index (χ0) is 14.3. The number of hydrogen-bond acceptors (Lipinski definition) is 3. The van der Waals surface area contributed by atoms with Gasteiger partial charge in [0, 0.05) is 12.1 Å². The molecule has 1 amide bonds. The Morgan fingerprint density at radius 1 is 1.20 bits per heavy atom. The second kappa shape index (κ2) is 8.82. The fourth-order valence-electron chi connectivity index (χ4n) is 1.58. The SMILES string of the molecule is CCNCc1ccc(OCC(=O)NC(C)(C)C)cc1.[Cl-]. The second-order valence-electron chi connectivity index (χ2n) is 5.51. The lowest BCUT2D eigenvalue weighted by Crippen LogP contribution is -3.00. The van der Waals surface area contributed by atoms with Crippen LogP contribution in [0.25, 0.3) is 0 Å². The van der Waals surface area contributed by atoms with E-state index in [1.165, 1.54) is 5.56 Å². The Labute approximate surface area is 127 Å². The summed E-state index contributed by atoms with van der Waals surface area (Å²) in [6.45, 7) is 9.75. The van der Waals surface area contributed by atoms with Crippen molar-refractivity contribution in [2.75, 3.05) is 13.2 Å². The number of halogens is 1. The van der Waals surface area contributed by atoms with Crippen LogP contribution in [-0.2, 0) is 11.3 Å². The fourth-order valence-corrected chi connectivity index (χ4v) is 1.58. The highest BCUT2D eigenvalue weighted by molar-refractivity contribution is 5.78. The molecule has 0 aromatic heterocycles.